The minimum atomic E-state index is 0.149. The average Bonchev–Trinajstić information content (AvgIpc) is 2.62. The van der Waals surface area contributed by atoms with Crippen LogP contribution in [-0.2, 0) is 0 Å². The molecule has 1 aromatic heterocycles. The lowest BCUT2D eigenvalue weighted by Crippen LogP contribution is -2.10. The van der Waals surface area contributed by atoms with Gasteiger partial charge in [-0.2, -0.15) is 10.2 Å². The summed E-state index contributed by atoms with van der Waals surface area (Å²) >= 11 is 0. The van der Waals surface area contributed by atoms with Crippen molar-refractivity contribution in [3.63, 3.8) is 0 Å². The Morgan fingerprint density at radius 1 is 1.57 bits per heavy atom. The van der Waals surface area contributed by atoms with Gasteiger partial charge in [0.1, 0.15) is 0 Å². The molecule has 14 heavy (non-hydrogen) atoms. The summed E-state index contributed by atoms with van der Waals surface area (Å²) in [5.74, 6) is 1.32. The van der Waals surface area contributed by atoms with Gasteiger partial charge in [-0.05, 0) is 11.6 Å². The Bertz CT molecular complexity index is 326. The topological polar surface area (TPSA) is 66.0 Å². The van der Waals surface area contributed by atoms with E-state index in [4.69, 9.17) is 9.78 Å². The molecule has 0 aliphatic heterocycles. The maximum atomic E-state index is 8.43. The number of aromatic nitrogens is 2. The second-order valence-corrected chi connectivity index (χ2v) is 3.42. The number of anilines is 1. The number of hydrogen-bond donors (Lipinski definition) is 0. The van der Waals surface area contributed by atoms with Crippen LogP contribution >= 0.6 is 0 Å². The lowest BCUT2D eigenvalue weighted by Gasteiger charge is -2.03. The van der Waals surface area contributed by atoms with E-state index < -0.39 is 0 Å². The molecule has 0 saturated heterocycles. The molecule has 0 amide bonds. The molecule has 1 heterocycles. The van der Waals surface area contributed by atoms with Crippen molar-refractivity contribution in [2.24, 2.45) is 0 Å². The van der Waals surface area contributed by atoms with Crippen molar-refractivity contribution in [1.29, 1.82) is 5.26 Å². The molecule has 1 atom stereocenters. The van der Waals surface area contributed by atoms with E-state index in [0.29, 0.717) is 18.3 Å². The molecule has 1 unspecified atom stereocenters. The van der Waals surface area contributed by atoms with Crippen molar-refractivity contribution in [3.8, 4) is 6.07 Å². The molecule has 1 rings (SSSR count). The van der Waals surface area contributed by atoms with Gasteiger partial charge in [0.2, 0.25) is 5.89 Å². The Balaban J connectivity index is 2.62. The second kappa shape index (κ2) is 4.61. The first-order chi connectivity index (χ1) is 6.65. The minimum Gasteiger partial charge on any atom is -0.344 e. The van der Waals surface area contributed by atoms with Crippen LogP contribution in [0.2, 0.25) is 0 Å². The maximum absolute atomic E-state index is 8.43. The highest BCUT2D eigenvalue weighted by molar-refractivity contribution is 5.24. The summed E-state index contributed by atoms with van der Waals surface area (Å²) in [5, 5.41) is 12.2. The molecule has 5 nitrogen and oxygen atoms in total. The summed E-state index contributed by atoms with van der Waals surface area (Å²) in [4.78, 5) is 5.98. The zero-order chi connectivity index (χ0) is 10.6. The first kappa shape index (κ1) is 10.5. The third kappa shape index (κ3) is 2.46. The van der Waals surface area contributed by atoms with Crippen molar-refractivity contribution < 1.29 is 4.52 Å². The summed E-state index contributed by atoms with van der Waals surface area (Å²) in [6, 6.07) is 2.10. The van der Waals surface area contributed by atoms with Crippen molar-refractivity contribution in [1.82, 2.24) is 10.1 Å². The molecule has 0 bridgehead atoms. The van der Waals surface area contributed by atoms with Gasteiger partial charge in [-0.1, -0.05) is 6.92 Å². The van der Waals surface area contributed by atoms with Crippen LogP contribution < -0.4 is 4.90 Å². The molecule has 5 heteroatoms. The molecular formula is C9H14N4O. The Morgan fingerprint density at radius 2 is 2.29 bits per heavy atom. The monoisotopic (exact) mass is 194 g/mol. The number of nitriles is 1. The molecule has 1 aromatic rings. The first-order valence-corrected chi connectivity index (χ1v) is 4.53. The van der Waals surface area contributed by atoms with Gasteiger partial charge in [0.15, 0.2) is 0 Å². The fourth-order valence-electron chi connectivity index (χ4n) is 1.01. The number of hydrogen-bond acceptors (Lipinski definition) is 5. The molecule has 0 radical (unpaired) electrons. The normalized spacial score (nSPS) is 12.1. The maximum Gasteiger partial charge on any atom is 0.265 e. The van der Waals surface area contributed by atoms with E-state index in [0.717, 1.165) is 6.42 Å². The average molecular weight is 194 g/mol. The van der Waals surface area contributed by atoms with Crippen LogP contribution in [0, 0.1) is 11.3 Å². The zero-order valence-electron chi connectivity index (χ0n) is 8.69. The van der Waals surface area contributed by atoms with E-state index in [1.54, 1.807) is 4.90 Å². The molecule has 76 valence electrons. The fourth-order valence-corrected chi connectivity index (χ4v) is 1.01. The Kier molecular flexibility index (Phi) is 3.46. The van der Waals surface area contributed by atoms with E-state index in [-0.39, 0.29) is 5.92 Å². The molecule has 0 fully saturated rings. The molecule has 0 aromatic carbocycles. The van der Waals surface area contributed by atoms with E-state index in [1.807, 2.05) is 21.0 Å². The SMILES string of the molecule is CC(CCC#N)c1nc(N(C)C)no1. The van der Waals surface area contributed by atoms with Crippen LogP contribution in [0.25, 0.3) is 0 Å². The van der Waals surface area contributed by atoms with Crippen LogP contribution in [-0.4, -0.2) is 24.2 Å². The quantitative estimate of drug-likeness (QED) is 0.727. The highest BCUT2D eigenvalue weighted by Gasteiger charge is 2.14. The van der Waals surface area contributed by atoms with Crippen LogP contribution in [0.1, 0.15) is 31.6 Å². The predicted octanol–water partition coefficient (Wildman–Crippen LogP) is 1.54. The minimum absolute atomic E-state index is 0.149. The van der Waals surface area contributed by atoms with Crippen molar-refractivity contribution in [2.75, 3.05) is 19.0 Å². The standard InChI is InChI=1S/C9H14N4O/c1-7(5-4-6-10)8-11-9(12-14-8)13(2)3/h7H,4-5H2,1-3H3. The highest BCUT2D eigenvalue weighted by Crippen LogP contribution is 2.19. The summed E-state index contributed by atoms with van der Waals surface area (Å²) in [6.07, 6.45) is 1.27. The number of nitrogens with zero attached hydrogens (tertiary/aromatic N) is 4. The van der Waals surface area contributed by atoms with Crippen molar-refractivity contribution in [3.05, 3.63) is 5.89 Å². The van der Waals surface area contributed by atoms with Crippen molar-refractivity contribution >= 4 is 5.95 Å². The molecular weight excluding hydrogens is 180 g/mol. The summed E-state index contributed by atoms with van der Waals surface area (Å²) in [7, 11) is 3.71. The Hall–Kier alpha value is -1.57. The smallest absolute Gasteiger partial charge is 0.265 e. The largest absolute Gasteiger partial charge is 0.344 e. The van der Waals surface area contributed by atoms with Gasteiger partial charge in [-0.3, -0.25) is 0 Å². The lowest BCUT2D eigenvalue weighted by molar-refractivity contribution is 0.354. The van der Waals surface area contributed by atoms with Gasteiger partial charge in [-0.25, -0.2) is 0 Å². The first-order valence-electron chi connectivity index (χ1n) is 4.53. The summed E-state index contributed by atoms with van der Waals surface area (Å²) in [5.41, 5.74) is 0. The Labute approximate surface area is 83.3 Å². The van der Waals surface area contributed by atoms with Gasteiger partial charge in [0.25, 0.3) is 5.95 Å². The summed E-state index contributed by atoms with van der Waals surface area (Å²) in [6.45, 7) is 1.98. The number of rotatable bonds is 4. The van der Waals surface area contributed by atoms with Crippen LogP contribution in [0.4, 0.5) is 5.95 Å². The van der Waals surface area contributed by atoms with Crippen LogP contribution in [0.5, 0.6) is 0 Å². The van der Waals surface area contributed by atoms with Gasteiger partial charge in [-0.15, -0.1) is 0 Å². The van der Waals surface area contributed by atoms with Gasteiger partial charge in [0.05, 0.1) is 6.07 Å². The van der Waals surface area contributed by atoms with E-state index >= 15 is 0 Å². The summed E-state index contributed by atoms with van der Waals surface area (Å²) < 4.78 is 5.07. The van der Waals surface area contributed by atoms with Gasteiger partial charge >= 0.3 is 0 Å². The lowest BCUT2D eigenvalue weighted by atomic mass is 10.1. The second-order valence-electron chi connectivity index (χ2n) is 3.42. The third-order valence-electron chi connectivity index (χ3n) is 1.94. The van der Waals surface area contributed by atoms with Crippen LogP contribution in [0.3, 0.4) is 0 Å². The predicted molar refractivity (Wildman–Crippen MR) is 51.9 cm³/mol. The molecule has 0 spiro atoms. The fraction of sp³-hybridized carbons (Fsp3) is 0.667. The molecule has 0 saturated carbocycles. The van der Waals surface area contributed by atoms with Crippen LogP contribution in [0.15, 0.2) is 4.52 Å². The highest BCUT2D eigenvalue weighted by atomic mass is 16.5. The zero-order valence-corrected chi connectivity index (χ0v) is 8.69. The molecule has 0 aliphatic carbocycles. The van der Waals surface area contributed by atoms with E-state index in [1.165, 1.54) is 0 Å². The van der Waals surface area contributed by atoms with Gasteiger partial charge < -0.3 is 9.42 Å². The van der Waals surface area contributed by atoms with E-state index in [9.17, 15) is 0 Å². The molecule has 0 N–H and O–H groups in total. The third-order valence-corrected chi connectivity index (χ3v) is 1.94. The van der Waals surface area contributed by atoms with Gasteiger partial charge in [0, 0.05) is 26.4 Å². The van der Waals surface area contributed by atoms with Crippen molar-refractivity contribution in [2.45, 2.75) is 25.7 Å². The Morgan fingerprint density at radius 3 is 2.79 bits per heavy atom. The van der Waals surface area contributed by atoms with E-state index in [2.05, 4.69) is 16.2 Å². The molecule has 0 aliphatic rings.